The van der Waals surface area contributed by atoms with Crippen molar-refractivity contribution in [3.8, 4) is 0 Å². The van der Waals surface area contributed by atoms with Crippen LogP contribution in [0.3, 0.4) is 0 Å². The van der Waals surface area contributed by atoms with Gasteiger partial charge < -0.3 is 4.74 Å². The van der Waals surface area contributed by atoms with E-state index >= 15 is 0 Å². The quantitative estimate of drug-likeness (QED) is 0.576. The maximum absolute atomic E-state index is 10.6. The maximum atomic E-state index is 10.6. The molecule has 0 aliphatic heterocycles. The van der Waals surface area contributed by atoms with E-state index in [4.69, 9.17) is 0 Å². The molecule has 0 aromatic rings. The largest absolute Gasteiger partial charge is 0.465 e. The first kappa shape index (κ1) is 9.49. The van der Waals surface area contributed by atoms with Gasteiger partial charge in [-0.15, -0.1) is 0 Å². The smallest absolute Gasteiger partial charge is 0.316 e. The van der Waals surface area contributed by atoms with Gasteiger partial charge in [-0.2, -0.15) is 0 Å². The monoisotopic (exact) mass is 162 g/mol. The fourth-order valence-corrected chi connectivity index (χ4v) is 0.768. The minimum absolute atomic E-state index is 0.0620. The maximum Gasteiger partial charge on any atom is 0.316 e. The zero-order valence-corrected chi connectivity index (χ0v) is 6.86. The lowest BCUT2D eigenvalue weighted by atomic mass is 10.8. The Hall–Kier alpha value is -0.510. The number of ether oxygens (including phenoxy) is 1. The molecule has 0 fully saturated rings. The number of carbonyl (C=O) groups is 2. The summed E-state index contributed by atoms with van der Waals surface area (Å²) in [6, 6.07) is 0. The summed E-state index contributed by atoms with van der Waals surface area (Å²) in [7, 11) is 0. The highest BCUT2D eigenvalue weighted by Crippen LogP contribution is 2.00. The van der Waals surface area contributed by atoms with Crippen LogP contribution in [0.2, 0.25) is 0 Å². The van der Waals surface area contributed by atoms with E-state index in [2.05, 4.69) is 4.74 Å². The van der Waals surface area contributed by atoms with E-state index in [-0.39, 0.29) is 16.8 Å². The van der Waals surface area contributed by atoms with Gasteiger partial charge in [-0.1, -0.05) is 11.8 Å². The summed E-state index contributed by atoms with van der Waals surface area (Å²) in [4.78, 5) is 20.9. The summed E-state index contributed by atoms with van der Waals surface area (Å²) in [6.07, 6.45) is 0. The molecule has 0 aromatic heterocycles. The van der Waals surface area contributed by atoms with Crippen LogP contribution < -0.4 is 0 Å². The Bertz CT molecular complexity index is 133. The highest BCUT2D eigenvalue weighted by atomic mass is 32.2. The van der Waals surface area contributed by atoms with Crippen molar-refractivity contribution < 1.29 is 14.3 Å². The van der Waals surface area contributed by atoms with E-state index in [1.807, 2.05) is 0 Å². The molecule has 0 aromatic carbocycles. The van der Waals surface area contributed by atoms with Gasteiger partial charge in [-0.25, -0.2) is 0 Å². The van der Waals surface area contributed by atoms with E-state index in [9.17, 15) is 9.59 Å². The second kappa shape index (κ2) is 5.29. The van der Waals surface area contributed by atoms with E-state index < -0.39 is 0 Å². The average molecular weight is 162 g/mol. The van der Waals surface area contributed by atoms with Crippen molar-refractivity contribution in [3.05, 3.63) is 0 Å². The third-order valence-electron chi connectivity index (χ3n) is 0.699. The molecule has 0 unspecified atom stereocenters. The predicted molar refractivity (Wildman–Crippen MR) is 39.8 cm³/mol. The topological polar surface area (TPSA) is 43.4 Å². The SMILES string of the molecule is CCOC(=O)CSC(C)=O. The Kier molecular flexibility index (Phi) is 5.02. The van der Waals surface area contributed by atoms with E-state index in [0.29, 0.717) is 6.61 Å². The molecule has 58 valence electrons. The molecule has 0 aliphatic carbocycles. The molecule has 0 radical (unpaired) electrons. The molecule has 0 spiro atoms. The van der Waals surface area contributed by atoms with Crippen LogP contribution in [0.25, 0.3) is 0 Å². The summed E-state index contributed by atoms with van der Waals surface area (Å²) in [5.74, 6) is -0.203. The number of rotatable bonds is 3. The van der Waals surface area contributed by atoms with E-state index in [0.717, 1.165) is 11.8 Å². The molecule has 0 rings (SSSR count). The second-order valence-corrected chi connectivity index (χ2v) is 2.74. The number of thioether (sulfide) groups is 1. The molecule has 10 heavy (non-hydrogen) atoms. The number of esters is 1. The van der Waals surface area contributed by atoms with Crippen molar-refractivity contribution in [1.82, 2.24) is 0 Å². The molecule has 0 amide bonds. The third-order valence-corrected chi connectivity index (χ3v) is 1.49. The zero-order valence-electron chi connectivity index (χ0n) is 6.05. The van der Waals surface area contributed by atoms with Crippen LogP contribution in [0.4, 0.5) is 0 Å². The fourth-order valence-electron chi connectivity index (χ4n) is 0.363. The van der Waals surface area contributed by atoms with Crippen LogP contribution in [0.15, 0.2) is 0 Å². The van der Waals surface area contributed by atoms with Gasteiger partial charge >= 0.3 is 5.97 Å². The molecular weight excluding hydrogens is 152 g/mol. The minimum Gasteiger partial charge on any atom is -0.465 e. The van der Waals surface area contributed by atoms with Crippen molar-refractivity contribution in [3.63, 3.8) is 0 Å². The van der Waals surface area contributed by atoms with Gasteiger partial charge in [0.15, 0.2) is 5.12 Å². The van der Waals surface area contributed by atoms with Crippen molar-refractivity contribution in [2.24, 2.45) is 0 Å². The Morgan fingerprint density at radius 3 is 2.50 bits per heavy atom. The molecule has 4 heteroatoms. The molecule has 0 atom stereocenters. The Labute approximate surface area is 64.1 Å². The van der Waals surface area contributed by atoms with Crippen molar-refractivity contribution in [2.75, 3.05) is 12.4 Å². The fraction of sp³-hybridized carbons (Fsp3) is 0.667. The zero-order chi connectivity index (χ0) is 7.98. The van der Waals surface area contributed by atoms with E-state index in [1.165, 1.54) is 6.92 Å². The van der Waals surface area contributed by atoms with Gasteiger partial charge in [0.05, 0.1) is 12.4 Å². The summed E-state index contributed by atoms with van der Waals surface area (Å²) < 4.78 is 4.58. The van der Waals surface area contributed by atoms with Crippen LogP contribution in [-0.4, -0.2) is 23.4 Å². The van der Waals surface area contributed by atoms with Crippen molar-refractivity contribution in [2.45, 2.75) is 13.8 Å². The third kappa shape index (κ3) is 5.62. The minimum atomic E-state index is -0.331. The normalized spacial score (nSPS) is 9.00. The van der Waals surface area contributed by atoms with Crippen molar-refractivity contribution in [1.29, 1.82) is 0 Å². The first-order valence-electron chi connectivity index (χ1n) is 2.95. The first-order chi connectivity index (χ1) is 4.66. The molecule has 0 saturated carbocycles. The van der Waals surface area contributed by atoms with Gasteiger partial charge in [-0.3, -0.25) is 9.59 Å². The molecule has 0 N–H and O–H groups in total. The summed E-state index contributed by atoms with van der Waals surface area (Å²) in [5.41, 5.74) is 0. The second-order valence-electron chi connectivity index (χ2n) is 1.59. The highest BCUT2D eigenvalue weighted by molar-refractivity contribution is 8.14. The van der Waals surface area contributed by atoms with Crippen LogP contribution in [0, 0.1) is 0 Å². The molecule has 0 heterocycles. The summed E-state index contributed by atoms with van der Waals surface area (Å²) >= 11 is 0.966. The van der Waals surface area contributed by atoms with Gasteiger partial charge in [-0.05, 0) is 6.92 Å². The van der Waals surface area contributed by atoms with E-state index in [1.54, 1.807) is 6.92 Å². The predicted octanol–water partition coefficient (Wildman–Crippen LogP) is 0.829. The number of hydrogen-bond acceptors (Lipinski definition) is 4. The van der Waals surface area contributed by atoms with Crippen LogP contribution in [-0.2, 0) is 14.3 Å². The first-order valence-corrected chi connectivity index (χ1v) is 3.94. The standard InChI is InChI=1S/C6H10O3S/c1-3-9-6(8)4-10-5(2)7/h3-4H2,1-2H3. The number of hydrogen-bond donors (Lipinski definition) is 0. The van der Waals surface area contributed by atoms with Gasteiger partial charge in [0.25, 0.3) is 0 Å². The van der Waals surface area contributed by atoms with Gasteiger partial charge in [0.2, 0.25) is 0 Å². The van der Waals surface area contributed by atoms with Crippen molar-refractivity contribution >= 4 is 22.8 Å². The lowest BCUT2D eigenvalue weighted by Gasteiger charge is -1.97. The summed E-state index contributed by atoms with van der Waals surface area (Å²) in [6.45, 7) is 3.53. The van der Waals surface area contributed by atoms with Crippen LogP contribution >= 0.6 is 11.8 Å². The average Bonchev–Trinajstić information content (AvgIpc) is 1.85. The lowest BCUT2D eigenvalue weighted by molar-refractivity contribution is -0.140. The van der Waals surface area contributed by atoms with Crippen LogP contribution in [0.1, 0.15) is 13.8 Å². The van der Waals surface area contributed by atoms with Gasteiger partial charge in [0.1, 0.15) is 0 Å². The number of carbonyl (C=O) groups excluding carboxylic acids is 2. The molecule has 0 aliphatic rings. The Balaban J connectivity index is 3.30. The highest BCUT2D eigenvalue weighted by Gasteiger charge is 2.02. The Morgan fingerprint density at radius 2 is 2.10 bits per heavy atom. The van der Waals surface area contributed by atoms with Gasteiger partial charge in [0, 0.05) is 6.92 Å². The molecule has 0 saturated heterocycles. The lowest BCUT2D eigenvalue weighted by Crippen LogP contribution is -2.07. The molecule has 3 nitrogen and oxygen atoms in total. The van der Waals surface area contributed by atoms with Crippen LogP contribution in [0.5, 0.6) is 0 Å². The summed E-state index contributed by atoms with van der Waals surface area (Å²) in [5, 5.41) is -0.0620. The molecular formula is C6H10O3S. The Morgan fingerprint density at radius 1 is 1.50 bits per heavy atom. The molecule has 0 bridgehead atoms.